The first-order valence-corrected chi connectivity index (χ1v) is 17.6. The second-order valence-electron chi connectivity index (χ2n) is 13.3. The third kappa shape index (κ3) is 10.6. The Labute approximate surface area is 325 Å². The summed E-state index contributed by atoms with van der Waals surface area (Å²) in [7, 11) is 0. The lowest BCUT2D eigenvalue weighted by Crippen LogP contribution is -2.25. The minimum Gasteiger partial charge on any atom is -0.506 e. The number of nitrogens with zero attached hydrogens (tertiary/aromatic N) is 1. The van der Waals surface area contributed by atoms with Crippen molar-refractivity contribution in [3.8, 4) is 22.6 Å². The number of carbonyl (C=O) groups excluding carboxylic acids is 2. The van der Waals surface area contributed by atoms with Gasteiger partial charge in [0, 0.05) is 42.6 Å². The number of phenols is 1. The van der Waals surface area contributed by atoms with E-state index in [9.17, 15) is 24.6 Å². The molecule has 5 aromatic rings. The first-order valence-electron chi connectivity index (χ1n) is 17.6. The number of aromatic nitrogens is 2. The van der Waals surface area contributed by atoms with Crippen LogP contribution in [0, 0.1) is 0 Å². The molecule has 12 nitrogen and oxygen atoms in total. The number of phenolic OH excluding ortho intramolecular Hbond substituents is 1. The average molecular weight is 778 g/mol. The number of nitrogens with two attached hydrogens (primary N) is 2. The number of aliphatic hydroxyl groups is 1. The fourth-order valence-corrected chi connectivity index (χ4v) is 6.94. The number of pyridine rings is 2. The highest BCUT2D eigenvalue weighted by Crippen LogP contribution is 2.41. The molecule has 2 amide bonds. The maximum absolute atomic E-state index is 12.8. The number of H-pyrrole nitrogens is 1. The molecule has 1 atom stereocenters. The number of primary amides is 1. The largest absolute Gasteiger partial charge is 0.506 e. The lowest BCUT2D eigenvalue weighted by molar-refractivity contribution is -0.116. The summed E-state index contributed by atoms with van der Waals surface area (Å²) >= 11 is 0. The number of hydrogen-bond acceptors (Lipinski definition) is 9. The van der Waals surface area contributed by atoms with E-state index < -0.39 is 12.2 Å². The van der Waals surface area contributed by atoms with Gasteiger partial charge in [-0.1, -0.05) is 42.5 Å². The zero-order valence-corrected chi connectivity index (χ0v) is 31.3. The molecule has 0 aliphatic heterocycles. The molecule has 9 N–H and O–H groups in total. The average Bonchev–Trinajstić information content (AvgIpc) is 3.13. The van der Waals surface area contributed by atoms with Crippen LogP contribution in [0.3, 0.4) is 0 Å². The quantitative estimate of drug-likeness (QED) is 0.0709. The van der Waals surface area contributed by atoms with Crippen LogP contribution in [0.1, 0.15) is 72.9 Å². The molecule has 14 heteroatoms. The smallest absolute Gasteiger partial charge is 0.409 e. The van der Waals surface area contributed by atoms with Crippen LogP contribution in [0.15, 0.2) is 89.9 Å². The number of amides is 2. The second-order valence-corrected chi connectivity index (χ2v) is 13.3. The number of aryl methyl sites for hydroxylation is 1. The summed E-state index contributed by atoms with van der Waals surface area (Å²) in [6.45, 7) is 0.584. The van der Waals surface area contributed by atoms with E-state index >= 15 is 0 Å². The Morgan fingerprint density at radius 3 is 2.48 bits per heavy atom. The number of rotatable bonds is 13. The van der Waals surface area contributed by atoms with Crippen LogP contribution in [-0.2, 0) is 17.8 Å². The topological polar surface area (TPSA) is 206 Å². The van der Waals surface area contributed by atoms with E-state index in [-0.39, 0.29) is 66.6 Å². The first kappa shape index (κ1) is 41.8. The lowest BCUT2D eigenvalue weighted by Gasteiger charge is -2.28. The summed E-state index contributed by atoms with van der Waals surface area (Å²) in [4.78, 5) is 43.3. The molecule has 0 spiro atoms. The predicted molar refractivity (Wildman–Crippen MR) is 214 cm³/mol. The van der Waals surface area contributed by atoms with Crippen LogP contribution in [0.4, 0.5) is 10.5 Å². The standard InChI is InChI=1S/C40H44N6O6.2ClH/c41-26-11-9-25(10-12-26)29-5-1-2-6-30(29)32-15-8-24(20-36(32)52-40(42)51)4-3-7-37(49)45-28-14-13-27(44-22-28)21-43-23-35(48)31-16-18-34(47)39-33(31)17-19-38(50)46-39;;/h1-2,5-6,8,13-20,22,25-26,35,43,47-48H,3-4,7,9-12,21,23,41H2,(H2,42,51)(H,45,49)(H,46,50);2*1H/t25-,26-,35-;;/m0../s1. The monoisotopic (exact) mass is 776 g/mol. The summed E-state index contributed by atoms with van der Waals surface area (Å²) in [5.74, 6) is 0.565. The molecule has 0 radical (unpaired) electrons. The Balaban J connectivity index is 0.00000325. The highest BCUT2D eigenvalue weighted by atomic mass is 35.5. The van der Waals surface area contributed by atoms with Crippen LogP contribution in [-0.4, -0.2) is 44.8 Å². The number of carbonyl (C=O) groups is 2. The van der Waals surface area contributed by atoms with Crippen molar-refractivity contribution in [2.75, 3.05) is 11.9 Å². The van der Waals surface area contributed by atoms with Gasteiger partial charge in [0.15, 0.2) is 0 Å². The zero-order chi connectivity index (χ0) is 36.6. The summed E-state index contributed by atoms with van der Waals surface area (Å²) in [6, 6.07) is 23.8. The third-order valence-electron chi connectivity index (χ3n) is 9.61. The molecule has 2 aromatic heterocycles. The number of ether oxygens (including phenoxy) is 1. The van der Waals surface area contributed by atoms with Gasteiger partial charge in [0.1, 0.15) is 11.5 Å². The van der Waals surface area contributed by atoms with Gasteiger partial charge in [0.2, 0.25) is 11.5 Å². The van der Waals surface area contributed by atoms with E-state index in [2.05, 4.69) is 26.7 Å². The van der Waals surface area contributed by atoms with E-state index in [0.29, 0.717) is 53.4 Å². The van der Waals surface area contributed by atoms with Crippen molar-refractivity contribution in [1.82, 2.24) is 15.3 Å². The Hall–Kier alpha value is -4.98. The fourth-order valence-electron chi connectivity index (χ4n) is 6.94. The molecular weight excluding hydrogens is 731 g/mol. The van der Waals surface area contributed by atoms with E-state index in [1.54, 1.807) is 30.5 Å². The fraction of sp³-hybridized carbons (Fsp3) is 0.300. The van der Waals surface area contributed by atoms with Gasteiger partial charge in [-0.15, -0.1) is 24.8 Å². The van der Waals surface area contributed by atoms with E-state index in [1.807, 2.05) is 36.4 Å². The number of nitrogens with one attached hydrogen (secondary N) is 3. The van der Waals surface area contributed by atoms with Crippen molar-refractivity contribution in [2.45, 2.75) is 69.6 Å². The molecule has 286 valence electrons. The SMILES string of the molecule is Cl.Cl.NC(=O)Oc1cc(CCCC(=O)Nc2ccc(CNC[C@H](O)c3ccc(O)c4[nH]c(=O)ccc34)nc2)ccc1-c1ccccc1[C@H]1CC[C@H](N)CC1. The summed E-state index contributed by atoms with van der Waals surface area (Å²) in [5, 5.41) is 27.5. The van der Waals surface area contributed by atoms with E-state index in [4.69, 9.17) is 16.2 Å². The molecule has 0 unspecified atom stereocenters. The number of aromatic hydroxyl groups is 1. The first-order chi connectivity index (χ1) is 25.1. The Morgan fingerprint density at radius 2 is 1.74 bits per heavy atom. The lowest BCUT2D eigenvalue weighted by atomic mass is 9.79. The predicted octanol–water partition coefficient (Wildman–Crippen LogP) is 6.37. The number of aliphatic hydroxyl groups excluding tert-OH is 1. The maximum Gasteiger partial charge on any atom is 0.409 e. The van der Waals surface area contributed by atoms with E-state index in [1.165, 1.54) is 17.7 Å². The maximum atomic E-state index is 12.8. The molecule has 1 fully saturated rings. The molecule has 1 saturated carbocycles. The third-order valence-corrected chi connectivity index (χ3v) is 9.61. The van der Waals surface area contributed by atoms with Crippen molar-refractivity contribution in [2.24, 2.45) is 11.5 Å². The Bertz CT molecular complexity index is 2100. The molecular formula is C40H46Cl2N6O6. The van der Waals surface area contributed by atoms with Crippen LogP contribution >= 0.6 is 24.8 Å². The highest BCUT2D eigenvalue weighted by Gasteiger charge is 2.24. The molecule has 3 aromatic carbocycles. The molecule has 0 bridgehead atoms. The number of anilines is 1. The van der Waals surface area contributed by atoms with Crippen LogP contribution in [0.2, 0.25) is 0 Å². The zero-order valence-electron chi connectivity index (χ0n) is 29.6. The summed E-state index contributed by atoms with van der Waals surface area (Å²) in [5.41, 5.74) is 17.4. The number of hydrogen-bond donors (Lipinski definition) is 7. The van der Waals surface area contributed by atoms with Crippen molar-refractivity contribution >= 4 is 53.4 Å². The van der Waals surface area contributed by atoms with Gasteiger partial charge in [-0.05, 0) is 97.0 Å². The van der Waals surface area contributed by atoms with Crippen molar-refractivity contribution in [3.63, 3.8) is 0 Å². The second kappa shape index (κ2) is 19.4. The van der Waals surface area contributed by atoms with Crippen molar-refractivity contribution < 1.29 is 24.5 Å². The number of halogens is 2. The van der Waals surface area contributed by atoms with E-state index in [0.717, 1.165) is 42.4 Å². The minimum atomic E-state index is -0.893. The van der Waals surface area contributed by atoms with Gasteiger partial charge in [-0.25, -0.2) is 4.79 Å². The molecule has 1 aliphatic carbocycles. The van der Waals surface area contributed by atoms with Crippen molar-refractivity contribution in [1.29, 1.82) is 0 Å². The Kier molecular flexibility index (Phi) is 15.0. The molecule has 1 aliphatic rings. The number of aromatic amines is 1. The highest BCUT2D eigenvalue weighted by molar-refractivity contribution is 5.90. The van der Waals surface area contributed by atoms with Gasteiger partial charge < -0.3 is 42.0 Å². The summed E-state index contributed by atoms with van der Waals surface area (Å²) in [6.07, 6.45) is 5.25. The molecule has 54 heavy (non-hydrogen) atoms. The van der Waals surface area contributed by atoms with Gasteiger partial charge in [-0.2, -0.15) is 0 Å². The van der Waals surface area contributed by atoms with Crippen molar-refractivity contribution in [3.05, 3.63) is 118 Å². The van der Waals surface area contributed by atoms with Crippen LogP contribution in [0.25, 0.3) is 22.0 Å². The number of fused-ring (bicyclic) bond motifs is 1. The summed E-state index contributed by atoms with van der Waals surface area (Å²) < 4.78 is 5.49. The van der Waals surface area contributed by atoms with Gasteiger partial charge in [0.05, 0.1) is 29.2 Å². The molecule has 2 heterocycles. The number of benzene rings is 3. The van der Waals surface area contributed by atoms with Gasteiger partial charge in [0.25, 0.3) is 0 Å². The normalized spacial score (nSPS) is 15.7. The Morgan fingerprint density at radius 1 is 0.963 bits per heavy atom. The molecule has 6 rings (SSSR count). The molecule has 0 saturated heterocycles. The van der Waals surface area contributed by atoms with Crippen LogP contribution < -0.4 is 32.4 Å². The van der Waals surface area contributed by atoms with Gasteiger partial charge in [-0.3, -0.25) is 14.6 Å². The minimum absolute atomic E-state index is 0. The van der Waals surface area contributed by atoms with Crippen LogP contribution in [0.5, 0.6) is 11.5 Å². The van der Waals surface area contributed by atoms with Gasteiger partial charge >= 0.3 is 6.09 Å².